The Labute approximate surface area is 148 Å². The summed E-state index contributed by atoms with van der Waals surface area (Å²) < 4.78 is 39.8. The normalized spacial score (nSPS) is 15.2. The highest BCUT2D eigenvalue weighted by Gasteiger charge is 2.20. The summed E-state index contributed by atoms with van der Waals surface area (Å²) in [6, 6.07) is 4.80. The van der Waals surface area contributed by atoms with Crippen molar-refractivity contribution in [2.45, 2.75) is 6.92 Å². The fraction of sp³-hybridized carbons (Fsp3) is 0.353. The molecule has 1 aromatic heterocycles. The van der Waals surface area contributed by atoms with Crippen LogP contribution in [0.15, 0.2) is 24.3 Å². The topological polar surface area (TPSA) is 61.4 Å². The van der Waals surface area contributed by atoms with Crippen LogP contribution in [0.2, 0.25) is 0 Å². The van der Waals surface area contributed by atoms with Gasteiger partial charge in [0.05, 0.1) is 5.56 Å². The minimum Gasteiger partial charge on any atom is -0.353 e. The first-order chi connectivity index (χ1) is 12.5. The Balaban J connectivity index is 1.66. The third kappa shape index (κ3) is 3.77. The summed E-state index contributed by atoms with van der Waals surface area (Å²) in [5.41, 5.74) is -0.606. The first-order valence-corrected chi connectivity index (χ1v) is 8.25. The molecule has 0 atom stereocenters. The Morgan fingerprint density at radius 3 is 2.38 bits per heavy atom. The molecule has 1 aromatic carbocycles. The van der Waals surface area contributed by atoms with Crippen molar-refractivity contribution in [1.82, 2.24) is 15.1 Å². The number of carbonyl (C=O) groups is 1. The molecule has 2 heterocycles. The van der Waals surface area contributed by atoms with Crippen LogP contribution in [0.1, 0.15) is 17.3 Å². The summed E-state index contributed by atoms with van der Waals surface area (Å²) in [5, 5.41) is 10.3. The Kier molecular flexibility index (Phi) is 5.36. The van der Waals surface area contributed by atoms with E-state index in [0.717, 1.165) is 38.8 Å². The summed E-state index contributed by atoms with van der Waals surface area (Å²) in [5.74, 6) is -4.75. The zero-order valence-electron chi connectivity index (χ0n) is 14.2. The lowest BCUT2D eigenvalue weighted by Crippen LogP contribution is -2.46. The number of amides is 1. The molecule has 1 fully saturated rings. The number of carbonyl (C=O) groups excluding carboxylic acids is 1. The van der Waals surface area contributed by atoms with Gasteiger partial charge in [-0.25, -0.2) is 13.2 Å². The van der Waals surface area contributed by atoms with Gasteiger partial charge in [0.25, 0.3) is 5.91 Å². The van der Waals surface area contributed by atoms with Crippen LogP contribution in [0.5, 0.6) is 0 Å². The van der Waals surface area contributed by atoms with Crippen LogP contribution in [0, 0.1) is 17.5 Å². The molecule has 1 amide bonds. The van der Waals surface area contributed by atoms with Gasteiger partial charge in [-0.1, -0.05) is 6.92 Å². The zero-order chi connectivity index (χ0) is 18.7. The molecule has 0 unspecified atom stereocenters. The van der Waals surface area contributed by atoms with E-state index in [1.54, 1.807) is 6.07 Å². The molecule has 9 heteroatoms. The number of hydrogen-bond donors (Lipinski definition) is 1. The summed E-state index contributed by atoms with van der Waals surface area (Å²) in [6.45, 7) is 6.65. The van der Waals surface area contributed by atoms with Crippen LogP contribution in [-0.4, -0.2) is 53.7 Å². The standard InChI is InChI=1S/C17H18F3N5O/c1-2-24-7-9-25(10-8-24)14-6-5-13(22-23-14)21-17(26)11-3-4-12(18)16(20)15(11)19/h3-6H,2,7-10H2,1H3,(H,21,22,26). The van der Waals surface area contributed by atoms with E-state index in [1.807, 2.05) is 0 Å². The number of hydrogen-bond acceptors (Lipinski definition) is 5. The highest BCUT2D eigenvalue weighted by molar-refractivity contribution is 6.03. The molecule has 3 rings (SSSR count). The first kappa shape index (κ1) is 18.1. The Morgan fingerprint density at radius 1 is 1.04 bits per heavy atom. The molecule has 1 aliphatic rings. The molecular formula is C17H18F3N5O. The van der Waals surface area contributed by atoms with Crippen LogP contribution in [0.25, 0.3) is 0 Å². The van der Waals surface area contributed by atoms with Crippen molar-refractivity contribution in [3.05, 3.63) is 47.3 Å². The molecule has 1 saturated heterocycles. The average Bonchev–Trinajstić information content (AvgIpc) is 2.67. The van der Waals surface area contributed by atoms with Gasteiger partial charge in [-0.05, 0) is 30.8 Å². The minimum absolute atomic E-state index is 0.0927. The maximum Gasteiger partial charge on any atom is 0.259 e. The van der Waals surface area contributed by atoms with Gasteiger partial charge < -0.3 is 15.1 Å². The van der Waals surface area contributed by atoms with E-state index in [0.29, 0.717) is 11.9 Å². The highest BCUT2D eigenvalue weighted by atomic mass is 19.2. The van der Waals surface area contributed by atoms with Gasteiger partial charge in [0.15, 0.2) is 29.1 Å². The van der Waals surface area contributed by atoms with Gasteiger partial charge in [0.1, 0.15) is 0 Å². The van der Waals surface area contributed by atoms with E-state index in [4.69, 9.17) is 0 Å². The SMILES string of the molecule is CCN1CCN(c2ccc(NC(=O)c3ccc(F)c(F)c3F)nn2)CC1. The van der Waals surface area contributed by atoms with Crippen LogP contribution < -0.4 is 10.2 Å². The minimum atomic E-state index is -1.69. The molecule has 26 heavy (non-hydrogen) atoms. The number of likely N-dealkylation sites (N-methyl/N-ethyl adjacent to an activating group) is 1. The number of anilines is 2. The number of benzene rings is 1. The fourth-order valence-corrected chi connectivity index (χ4v) is 2.74. The van der Waals surface area contributed by atoms with Gasteiger partial charge >= 0.3 is 0 Å². The second kappa shape index (κ2) is 7.69. The Morgan fingerprint density at radius 2 is 1.77 bits per heavy atom. The fourth-order valence-electron chi connectivity index (χ4n) is 2.74. The van der Waals surface area contributed by atoms with Crippen LogP contribution in [0.3, 0.4) is 0 Å². The molecule has 0 saturated carbocycles. The van der Waals surface area contributed by atoms with E-state index < -0.39 is 28.9 Å². The molecule has 138 valence electrons. The van der Waals surface area contributed by atoms with Crippen molar-refractivity contribution < 1.29 is 18.0 Å². The summed E-state index contributed by atoms with van der Waals surface area (Å²) in [4.78, 5) is 16.4. The second-order valence-electron chi connectivity index (χ2n) is 5.88. The van der Waals surface area contributed by atoms with Gasteiger partial charge in [0.2, 0.25) is 0 Å². The van der Waals surface area contributed by atoms with Crippen molar-refractivity contribution in [3.63, 3.8) is 0 Å². The van der Waals surface area contributed by atoms with Crippen molar-refractivity contribution in [2.24, 2.45) is 0 Å². The quantitative estimate of drug-likeness (QED) is 0.843. The predicted octanol–water partition coefficient (Wildman–Crippen LogP) is 2.29. The maximum atomic E-state index is 13.7. The van der Waals surface area contributed by atoms with Crippen LogP contribution in [0.4, 0.5) is 24.8 Å². The van der Waals surface area contributed by atoms with E-state index >= 15 is 0 Å². The largest absolute Gasteiger partial charge is 0.353 e. The molecule has 0 radical (unpaired) electrons. The van der Waals surface area contributed by atoms with E-state index in [2.05, 4.69) is 32.2 Å². The lowest BCUT2D eigenvalue weighted by molar-refractivity contribution is 0.102. The maximum absolute atomic E-state index is 13.7. The van der Waals surface area contributed by atoms with Gasteiger partial charge in [-0.15, -0.1) is 10.2 Å². The molecular weight excluding hydrogens is 347 g/mol. The third-order valence-corrected chi connectivity index (χ3v) is 4.32. The van der Waals surface area contributed by atoms with Crippen molar-refractivity contribution >= 4 is 17.5 Å². The van der Waals surface area contributed by atoms with Gasteiger partial charge in [0, 0.05) is 26.2 Å². The monoisotopic (exact) mass is 365 g/mol. The van der Waals surface area contributed by atoms with Gasteiger partial charge in [-0.3, -0.25) is 4.79 Å². The van der Waals surface area contributed by atoms with Crippen molar-refractivity contribution in [1.29, 1.82) is 0 Å². The second-order valence-corrected chi connectivity index (χ2v) is 5.88. The van der Waals surface area contributed by atoms with Crippen molar-refractivity contribution in [2.75, 3.05) is 42.9 Å². The zero-order valence-corrected chi connectivity index (χ0v) is 14.2. The molecule has 0 spiro atoms. The number of nitrogens with zero attached hydrogens (tertiary/aromatic N) is 4. The first-order valence-electron chi connectivity index (χ1n) is 8.25. The molecule has 0 aliphatic carbocycles. The van der Waals surface area contributed by atoms with Crippen LogP contribution in [-0.2, 0) is 0 Å². The predicted molar refractivity (Wildman–Crippen MR) is 90.6 cm³/mol. The molecule has 2 aromatic rings. The number of nitrogens with one attached hydrogen (secondary N) is 1. The van der Waals surface area contributed by atoms with E-state index in [1.165, 1.54) is 6.07 Å². The molecule has 1 aliphatic heterocycles. The molecule has 1 N–H and O–H groups in total. The molecule has 6 nitrogen and oxygen atoms in total. The Bertz CT molecular complexity index is 792. The summed E-state index contributed by atoms with van der Waals surface area (Å²) in [7, 11) is 0. The van der Waals surface area contributed by atoms with E-state index in [9.17, 15) is 18.0 Å². The number of aromatic nitrogens is 2. The summed E-state index contributed by atoms with van der Waals surface area (Å²) in [6.07, 6.45) is 0. The lowest BCUT2D eigenvalue weighted by atomic mass is 10.2. The highest BCUT2D eigenvalue weighted by Crippen LogP contribution is 2.18. The number of piperazine rings is 1. The average molecular weight is 365 g/mol. The Hall–Kier alpha value is -2.68. The number of rotatable bonds is 4. The van der Waals surface area contributed by atoms with Crippen LogP contribution >= 0.6 is 0 Å². The lowest BCUT2D eigenvalue weighted by Gasteiger charge is -2.34. The smallest absolute Gasteiger partial charge is 0.259 e. The van der Waals surface area contributed by atoms with Crippen molar-refractivity contribution in [3.8, 4) is 0 Å². The van der Waals surface area contributed by atoms with Gasteiger partial charge in [-0.2, -0.15) is 0 Å². The third-order valence-electron chi connectivity index (χ3n) is 4.32. The van der Waals surface area contributed by atoms with E-state index in [-0.39, 0.29) is 5.82 Å². The summed E-state index contributed by atoms with van der Waals surface area (Å²) >= 11 is 0. The number of halogens is 3. The molecule has 0 bridgehead atoms.